The van der Waals surface area contributed by atoms with Crippen molar-refractivity contribution >= 4 is 56.7 Å². The van der Waals surface area contributed by atoms with Crippen LogP contribution in [0, 0.1) is 6.92 Å². The smallest absolute Gasteiger partial charge is 0.248 e. The monoisotopic (exact) mass is 618 g/mol. The number of hydrogen-bond acceptors (Lipinski definition) is 4. The van der Waals surface area contributed by atoms with E-state index in [-0.39, 0.29) is 17.3 Å². The maximum Gasteiger partial charge on any atom is 0.248 e. The van der Waals surface area contributed by atoms with Crippen LogP contribution < -0.4 is 10.2 Å². The minimum Gasteiger partial charge on any atom is -0.457 e. The lowest BCUT2D eigenvalue weighted by Gasteiger charge is -2.24. The van der Waals surface area contributed by atoms with Gasteiger partial charge in [-0.15, -0.1) is 0 Å². The van der Waals surface area contributed by atoms with Gasteiger partial charge in [0.2, 0.25) is 11.8 Å². The highest BCUT2D eigenvalue weighted by atomic mass is 79.9. The number of carbonyl (C=O) groups is 3. The summed E-state index contributed by atoms with van der Waals surface area (Å²) < 4.78 is 6.83. The molecule has 0 unspecified atom stereocenters. The van der Waals surface area contributed by atoms with E-state index in [0.29, 0.717) is 34.1 Å². The number of rotatable bonds is 8. The van der Waals surface area contributed by atoms with Gasteiger partial charge in [0.05, 0.1) is 5.69 Å². The molecule has 0 bridgehead atoms. The fourth-order valence-corrected chi connectivity index (χ4v) is 4.74. The van der Waals surface area contributed by atoms with Gasteiger partial charge in [0.25, 0.3) is 0 Å². The van der Waals surface area contributed by atoms with Gasteiger partial charge in [-0.2, -0.15) is 0 Å². The van der Waals surface area contributed by atoms with Crippen LogP contribution in [0.1, 0.15) is 34.2 Å². The number of anilines is 3. The number of ketones is 1. The normalized spacial score (nSPS) is 10.9. The van der Waals surface area contributed by atoms with Crippen LogP contribution >= 0.6 is 15.9 Å². The fraction of sp³-hybridized carbons (Fsp3) is 0.0571. The van der Waals surface area contributed by atoms with Gasteiger partial charge in [-0.1, -0.05) is 76.1 Å². The summed E-state index contributed by atoms with van der Waals surface area (Å²) in [5.74, 6) is 0.289. The Bertz CT molecular complexity index is 1770. The first-order valence-electron chi connectivity index (χ1n) is 13.2. The topological polar surface area (TPSA) is 79.6 Å². The van der Waals surface area contributed by atoms with E-state index in [1.165, 1.54) is 17.9 Å². The Labute approximate surface area is 252 Å². The Balaban J connectivity index is 1.42. The van der Waals surface area contributed by atoms with Gasteiger partial charge in [0, 0.05) is 45.5 Å². The van der Waals surface area contributed by atoms with Crippen molar-refractivity contribution in [2.75, 3.05) is 10.2 Å². The molecule has 0 spiro atoms. The van der Waals surface area contributed by atoms with Gasteiger partial charge in [0.15, 0.2) is 5.78 Å². The molecule has 2 amide bonds. The Morgan fingerprint density at radius 3 is 2.24 bits per heavy atom. The molecule has 1 heterocycles. The fourth-order valence-electron chi connectivity index (χ4n) is 4.47. The molecule has 0 aliphatic heterocycles. The lowest BCUT2D eigenvalue weighted by atomic mass is 9.99. The molecule has 0 atom stereocenters. The van der Waals surface area contributed by atoms with E-state index in [1.54, 1.807) is 54.6 Å². The summed E-state index contributed by atoms with van der Waals surface area (Å²) in [6.45, 7) is 3.42. The summed E-state index contributed by atoms with van der Waals surface area (Å²) in [6.07, 6.45) is 2.95. The van der Waals surface area contributed by atoms with Crippen LogP contribution in [0.15, 0.2) is 124 Å². The Morgan fingerprint density at radius 2 is 1.55 bits per heavy atom. The van der Waals surface area contributed by atoms with E-state index in [2.05, 4.69) is 21.2 Å². The zero-order valence-corrected chi connectivity index (χ0v) is 24.6. The van der Waals surface area contributed by atoms with E-state index in [1.807, 2.05) is 67.6 Å². The molecular formula is C35H27BrN2O4. The SMILES string of the molecule is CC(=O)N(c1ccc(C)cc1)c1ccc(NC(=O)/C=C\c2ccc(-c3ccc(Br)cc3)o2)cc1C(=O)c1ccccc1. The third-order valence-electron chi connectivity index (χ3n) is 6.55. The second-order valence-corrected chi connectivity index (χ2v) is 10.6. The van der Waals surface area contributed by atoms with E-state index >= 15 is 0 Å². The first-order valence-corrected chi connectivity index (χ1v) is 14.0. The minimum absolute atomic E-state index is 0.248. The number of amides is 2. The molecule has 0 saturated carbocycles. The maximum absolute atomic E-state index is 13.7. The van der Waals surface area contributed by atoms with Gasteiger partial charge in [-0.3, -0.25) is 19.3 Å². The molecule has 1 N–H and O–H groups in total. The maximum atomic E-state index is 13.7. The molecule has 208 valence electrons. The third kappa shape index (κ3) is 6.65. The Kier molecular flexibility index (Phi) is 8.60. The highest BCUT2D eigenvalue weighted by Crippen LogP contribution is 2.33. The van der Waals surface area contributed by atoms with Crippen LogP contribution in [0.4, 0.5) is 17.1 Å². The van der Waals surface area contributed by atoms with Crippen LogP contribution in [0.25, 0.3) is 17.4 Å². The molecule has 0 saturated heterocycles. The largest absolute Gasteiger partial charge is 0.457 e. The first-order chi connectivity index (χ1) is 20.3. The molecule has 5 rings (SSSR count). The molecule has 0 fully saturated rings. The van der Waals surface area contributed by atoms with E-state index < -0.39 is 5.91 Å². The predicted molar refractivity (Wildman–Crippen MR) is 170 cm³/mol. The van der Waals surface area contributed by atoms with Crippen LogP contribution in [0.2, 0.25) is 0 Å². The molecule has 42 heavy (non-hydrogen) atoms. The minimum atomic E-state index is -0.399. The Morgan fingerprint density at radius 1 is 0.833 bits per heavy atom. The average molecular weight is 620 g/mol. The van der Waals surface area contributed by atoms with Crippen molar-refractivity contribution in [1.82, 2.24) is 0 Å². The highest BCUT2D eigenvalue weighted by Gasteiger charge is 2.23. The number of aryl methyl sites for hydroxylation is 1. The summed E-state index contributed by atoms with van der Waals surface area (Å²) in [5, 5.41) is 2.82. The van der Waals surface area contributed by atoms with Crippen molar-refractivity contribution in [3.63, 3.8) is 0 Å². The molecular weight excluding hydrogens is 592 g/mol. The van der Waals surface area contributed by atoms with Gasteiger partial charge in [-0.05, 0) is 67.6 Å². The number of halogens is 1. The molecule has 7 heteroatoms. The molecule has 5 aromatic rings. The molecule has 0 aliphatic rings. The van der Waals surface area contributed by atoms with E-state index in [9.17, 15) is 14.4 Å². The summed E-state index contributed by atoms with van der Waals surface area (Å²) in [7, 11) is 0. The predicted octanol–water partition coefficient (Wildman–Crippen LogP) is 8.59. The van der Waals surface area contributed by atoms with Gasteiger partial charge in [-0.25, -0.2) is 0 Å². The van der Waals surface area contributed by atoms with Crippen LogP contribution in [0.5, 0.6) is 0 Å². The number of nitrogens with one attached hydrogen (secondary N) is 1. The number of hydrogen-bond donors (Lipinski definition) is 1. The summed E-state index contributed by atoms with van der Waals surface area (Å²) in [5.41, 5.74) is 4.19. The third-order valence-corrected chi connectivity index (χ3v) is 7.08. The molecule has 6 nitrogen and oxygen atoms in total. The quantitative estimate of drug-likeness (QED) is 0.139. The summed E-state index contributed by atoms with van der Waals surface area (Å²) >= 11 is 3.42. The van der Waals surface area contributed by atoms with Gasteiger partial charge < -0.3 is 9.73 Å². The van der Waals surface area contributed by atoms with Gasteiger partial charge in [0.1, 0.15) is 11.5 Å². The number of furan rings is 1. The second kappa shape index (κ2) is 12.7. The zero-order chi connectivity index (χ0) is 29.6. The van der Waals surface area contributed by atoms with E-state index in [0.717, 1.165) is 15.6 Å². The number of benzene rings is 4. The van der Waals surface area contributed by atoms with Crippen molar-refractivity contribution < 1.29 is 18.8 Å². The van der Waals surface area contributed by atoms with Crippen molar-refractivity contribution in [2.45, 2.75) is 13.8 Å². The lowest BCUT2D eigenvalue weighted by molar-refractivity contribution is -0.116. The van der Waals surface area contributed by atoms with Crippen LogP contribution in [0.3, 0.4) is 0 Å². The van der Waals surface area contributed by atoms with Crippen molar-refractivity contribution in [3.05, 3.63) is 142 Å². The number of nitrogens with zero attached hydrogens (tertiary/aromatic N) is 1. The zero-order valence-electron chi connectivity index (χ0n) is 23.0. The highest BCUT2D eigenvalue weighted by molar-refractivity contribution is 9.10. The van der Waals surface area contributed by atoms with Crippen molar-refractivity contribution in [2.24, 2.45) is 0 Å². The molecule has 1 aromatic heterocycles. The summed E-state index contributed by atoms with van der Waals surface area (Å²) in [6, 6.07) is 32.6. The number of carbonyl (C=O) groups excluding carboxylic acids is 3. The molecule has 0 aliphatic carbocycles. The van der Waals surface area contributed by atoms with Crippen LogP contribution in [-0.4, -0.2) is 17.6 Å². The van der Waals surface area contributed by atoms with Crippen molar-refractivity contribution in [3.8, 4) is 11.3 Å². The summed E-state index contributed by atoms with van der Waals surface area (Å²) in [4.78, 5) is 40.9. The standard InChI is InChI=1S/C35H27BrN2O4/c1-23-8-15-29(16-9-23)38(24(2)39)32-19-14-28(22-31(32)35(41)26-6-4-3-5-7-26)37-34(40)21-18-30-17-20-33(42-30)25-10-12-27(36)13-11-25/h3-22H,1-2H3,(H,37,40)/b21-18-. The molecule has 4 aromatic carbocycles. The van der Waals surface area contributed by atoms with Gasteiger partial charge >= 0.3 is 0 Å². The van der Waals surface area contributed by atoms with E-state index in [4.69, 9.17) is 4.42 Å². The average Bonchev–Trinajstić information content (AvgIpc) is 3.47. The first kappa shape index (κ1) is 28.5. The van der Waals surface area contributed by atoms with Crippen molar-refractivity contribution in [1.29, 1.82) is 0 Å². The second-order valence-electron chi connectivity index (χ2n) is 9.65. The van der Waals surface area contributed by atoms with Crippen LogP contribution in [-0.2, 0) is 9.59 Å². The Hall–Kier alpha value is -5.01. The molecule has 0 radical (unpaired) electrons. The lowest BCUT2D eigenvalue weighted by Crippen LogP contribution is -2.25.